The van der Waals surface area contributed by atoms with E-state index in [-0.39, 0.29) is 5.69 Å². The highest BCUT2D eigenvalue weighted by Crippen LogP contribution is 2.25. The second-order valence-electron chi connectivity index (χ2n) is 7.10. The van der Waals surface area contributed by atoms with Crippen LogP contribution in [0.2, 0.25) is 0 Å². The smallest absolute Gasteiger partial charge is 0.329 e. The Morgan fingerprint density at radius 2 is 1.68 bits per heavy atom. The molecule has 9 heteroatoms. The summed E-state index contributed by atoms with van der Waals surface area (Å²) in [5.74, 6) is -1.64. The first-order chi connectivity index (χ1) is 16.5. The summed E-state index contributed by atoms with van der Waals surface area (Å²) in [4.78, 5) is 24.2. The van der Waals surface area contributed by atoms with Gasteiger partial charge in [-0.25, -0.2) is 14.5 Å². The fourth-order valence-electron chi connectivity index (χ4n) is 3.10. The van der Waals surface area contributed by atoms with E-state index in [1.807, 2.05) is 54.6 Å². The molecule has 0 aliphatic heterocycles. The first-order valence-corrected chi connectivity index (χ1v) is 10.2. The molecule has 4 rings (SSSR count). The Morgan fingerprint density at radius 1 is 0.971 bits per heavy atom. The number of benzene rings is 3. The zero-order valence-electron chi connectivity index (χ0n) is 18.1. The number of halogens is 1. The maximum absolute atomic E-state index is 13.0. The minimum atomic E-state index is -0.970. The molecule has 0 bridgehead atoms. The van der Waals surface area contributed by atoms with Gasteiger partial charge in [0.15, 0.2) is 0 Å². The maximum Gasteiger partial charge on any atom is 0.329 e. The van der Waals surface area contributed by atoms with Gasteiger partial charge in [-0.3, -0.25) is 9.59 Å². The number of hydrogen-bond acceptors (Lipinski definition) is 5. The number of nitrogens with one attached hydrogen (secondary N) is 2. The van der Waals surface area contributed by atoms with Crippen LogP contribution in [0.3, 0.4) is 0 Å². The maximum atomic E-state index is 13.0. The zero-order chi connectivity index (χ0) is 23.9. The number of hydrogen-bond donors (Lipinski definition) is 2. The molecule has 4 aromatic rings. The van der Waals surface area contributed by atoms with Crippen LogP contribution in [0.4, 0.5) is 10.1 Å². The Bertz CT molecular complexity index is 1320. The van der Waals surface area contributed by atoms with Gasteiger partial charge in [0, 0.05) is 23.0 Å². The van der Waals surface area contributed by atoms with E-state index in [1.165, 1.54) is 30.5 Å². The highest BCUT2D eigenvalue weighted by Gasteiger charge is 2.14. The number of para-hydroxylation sites is 1. The van der Waals surface area contributed by atoms with Crippen molar-refractivity contribution in [3.63, 3.8) is 0 Å². The molecule has 0 unspecified atom stereocenters. The highest BCUT2D eigenvalue weighted by molar-refractivity contribution is 6.39. The minimum Gasteiger partial charge on any atom is -0.497 e. The van der Waals surface area contributed by atoms with Crippen molar-refractivity contribution in [1.82, 2.24) is 15.2 Å². The van der Waals surface area contributed by atoms with E-state index < -0.39 is 17.6 Å². The van der Waals surface area contributed by atoms with Crippen molar-refractivity contribution in [2.75, 3.05) is 12.4 Å². The average molecular weight is 457 g/mol. The van der Waals surface area contributed by atoms with Gasteiger partial charge in [0.25, 0.3) is 0 Å². The Labute approximate surface area is 194 Å². The quantitative estimate of drug-likeness (QED) is 0.262. The van der Waals surface area contributed by atoms with Gasteiger partial charge in [0.05, 0.1) is 19.0 Å². The Kier molecular flexibility index (Phi) is 6.73. The van der Waals surface area contributed by atoms with Gasteiger partial charge in [0.1, 0.15) is 17.3 Å². The number of amides is 2. The van der Waals surface area contributed by atoms with Crippen LogP contribution in [0.15, 0.2) is 90.2 Å². The zero-order valence-corrected chi connectivity index (χ0v) is 18.1. The number of nitrogens with zero attached hydrogens (tertiary/aromatic N) is 3. The van der Waals surface area contributed by atoms with E-state index in [4.69, 9.17) is 4.74 Å². The molecule has 0 atom stereocenters. The molecular formula is C25H20FN5O3. The predicted octanol–water partition coefficient (Wildman–Crippen LogP) is 3.78. The summed E-state index contributed by atoms with van der Waals surface area (Å²) in [7, 11) is 1.59. The van der Waals surface area contributed by atoms with Crippen LogP contribution < -0.4 is 15.5 Å². The van der Waals surface area contributed by atoms with Gasteiger partial charge in [-0.05, 0) is 60.7 Å². The highest BCUT2D eigenvalue weighted by atomic mass is 19.1. The molecule has 2 amide bonds. The molecule has 8 nitrogen and oxygen atoms in total. The molecule has 1 heterocycles. The first kappa shape index (κ1) is 22.4. The number of hydrazone groups is 1. The van der Waals surface area contributed by atoms with E-state index in [2.05, 4.69) is 20.9 Å². The van der Waals surface area contributed by atoms with Gasteiger partial charge < -0.3 is 10.1 Å². The summed E-state index contributed by atoms with van der Waals surface area (Å²) in [5, 5.41) is 11.0. The van der Waals surface area contributed by atoms with E-state index in [9.17, 15) is 14.0 Å². The standard InChI is InChI=1S/C25H20FN5O3/c1-34-22-13-7-17(8-14-22)23-18(16-31(30-23)21-5-3-2-4-6-21)15-27-29-25(33)24(32)28-20-11-9-19(26)10-12-20/h2-16H,1H3,(H,28,32)(H,29,33). The largest absolute Gasteiger partial charge is 0.497 e. The summed E-state index contributed by atoms with van der Waals surface area (Å²) >= 11 is 0. The molecular weight excluding hydrogens is 437 g/mol. The van der Waals surface area contributed by atoms with Crippen molar-refractivity contribution in [2.45, 2.75) is 0 Å². The van der Waals surface area contributed by atoms with Crippen LogP contribution in [0.25, 0.3) is 16.9 Å². The van der Waals surface area contributed by atoms with Crippen LogP contribution in [0.1, 0.15) is 5.56 Å². The van der Waals surface area contributed by atoms with E-state index in [0.29, 0.717) is 17.0 Å². The summed E-state index contributed by atoms with van der Waals surface area (Å²) in [6, 6.07) is 21.9. The number of methoxy groups -OCH3 is 1. The van der Waals surface area contributed by atoms with E-state index >= 15 is 0 Å². The first-order valence-electron chi connectivity index (χ1n) is 10.2. The Hall–Kier alpha value is -4.79. The van der Waals surface area contributed by atoms with Crippen LogP contribution in [-0.4, -0.2) is 34.9 Å². The lowest BCUT2D eigenvalue weighted by Gasteiger charge is -2.04. The molecule has 3 aromatic carbocycles. The Balaban J connectivity index is 1.53. The number of carbonyl (C=O) groups excluding carboxylic acids is 2. The third-order valence-corrected chi connectivity index (χ3v) is 4.80. The number of aromatic nitrogens is 2. The van der Waals surface area contributed by atoms with Crippen molar-refractivity contribution < 1.29 is 18.7 Å². The normalized spacial score (nSPS) is 10.8. The van der Waals surface area contributed by atoms with Crippen molar-refractivity contribution in [2.24, 2.45) is 5.10 Å². The fourth-order valence-corrected chi connectivity index (χ4v) is 3.10. The lowest BCUT2D eigenvalue weighted by Crippen LogP contribution is -2.32. The number of rotatable bonds is 6. The molecule has 0 aliphatic rings. The van der Waals surface area contributed by atoms with Crippen LogP contribution >= 0.6 is 0 Å². The lowest BCUT2D eigenvalue weighted by molar-refractivity contribution is -0.136. The summed E-state index contributed by atoms with van der Waals surface area (Å²) in [6.07, 6.45) is 3.18. The molecule has 0 saturated heterocycles. The predicted molar refractivity (Wildman–Crippen MR) is 126 cm³/mol. The molecule has 0 fully saturated rings. The van der Waals surface area contributed by atoms with Gasteiger partial charge >= 0.3 is 11.8 Å². The monoisotopic (exact) mass is 457 g/mol. The SMILES string of the molecule is COc1ccc(-c2nn(-c3ccccc3)cc2C=NNC(=O)C(=O)Nc2ccc(F)cc2)cc1. The molecule has 170 valence electrons. The van der Waals surface area contributed by atoms with Crippen LogP contribution in [0.5, 0.6) is 5.75 Å². The number of anilines is 1. The number of ether oxygens (including phenoxy) is 1. The van der Waals surface area contributed by atoms with Crippen molar-refractivity contribution in [3.8, 4) is 22.7 Å². The molecule has 34 heavy (non-hydrogen) atoms. The second-order valence-corrected chi connectivity index (χ2v) is 7.10. The fraction of sp³-hybridized carbons (Fsp3) is 0.0400. The summed E-state index contributed by atoms with van der Waals surface area (Å²) in [5.41, 5.74) is 5.39. The van der Waals surface area contributed by atoms with Crippen molar-refractivity contribution >= 4 is 23.7 Å². The molecule has 1 aromatic heterocycles. The van der Waals surface area contributed by atoms with Gasteiger partial charge in [-0.2, -0.15) is 10.2 Å². The van der Waals surface area contributed by atoms with Crippen molar-refractivity contribution in [3.05, 3.63) is 96.4 Å². The third-order valence-electron chi connectivity index (χ3n) is 4.80. The average Bonchev–Trinajstić information content (AvgIpc) is 3.30. The number of carbonyl (C=O) groups is 2. The molecule has 0 spiro atoms. The Morgan fingerprint density at radius 3 is 2.35 bits per heavy atom. The third kappa shape index (κ3) is 5.33. The van der Waals surface area contributed by atoms with E-state index in [1.54, 1.807) is 18.0 Å². The molecule has 0 radical (unpaired) electrons. The molecule has 2 N–H and O–H groups in total. The van der Waals surface area contributed by atoms with Gasteiger partial charge in [0.2, 0.25) is 0 Å². The van der Waals surface area contributed by atoms with Gasteiger partial charge in [-0.1, -0.05) is 18.2 Å². The van der Waals surface area contributed by atoms with E-state index in [0.717, 1.165) is 11.3 Å². The topological polar surface area (TPSA) is 97.6 Å². The minimum absolute atomic E-state index is 0.288. The van der Waals surface area contributed by atoms with Crippen LogP contribution in [-0.2, 0) is 9.59 Å². The molecule has 0 aliphatic carbocycles. The summed E-state index contributed by atoms with van der Waals surface area (Å²) in [6.45, 7) is 0. The summed E-state index contributed by atoms with van der Waals surface area (Å²) < 4.78 is 19.9. The van der Waals surface area contributed by atoms with Crippen LogP contribution in [0, 0.1) is 5.82 Å². The van der Waals surface area contributed by atoms with Crippen molar-refractivity contribution in [1.29, 1.82) is 0 Å². The van der Waals surface area contributed by atoms with Gasteiger partial charge in [-0.15, -0.1) is 0 Å². The molecule has 0 saturated carbocycles. The lowest BCUT2D eigenvalue weighted by atomic mass is 10.1. The second kappa shape index (κ2) is 10.2.